The third kappa shape index (κ3) is 6.62. The molecule has 134 valence electrons. The van der Waals surface area contributed by atoms with Crippen LogP contribution < -0.4 is 10.1 Å². The third-order valence-corrected chi connectivity index (χ3v) is 3.88. The zero-order chi connectivity index (χ0) is 18.3. The van der Waals surface area contributed by atoms with E-state index in [9.17, 15) is 13.2 Å². The molecule has 0 spiro atoms. The largest absolute Gasteiger partial charge is 0.497 e. The number of alkyl halides is 3. The van der Waals surface area contributed by atoms with Crippen molar-refractivity contribution in [3.8, 4) is 5.75 Å². The highest BCUT2D eigenvalue weighted by atomic mass is 32.1. The van der Waals surface area contributed by atoms with Gasteiger partial charge in [-0.1, -0.05) is 42.5 Å². The molecule has 7 heteroatoms. The first-order chi connectivity index (χ1) is 11.9. The summed E-state index contributed by atoms with van der Waals surface area (Å²) in [5, 5.41) is 2.96. The number of halogens is 3. The Morgan fingerprint density at radius 1 is 1.04 bits per heavy atom. The van der Waals surface area contributed by atoms with Crippen molar-refractivity contribution in [3.63, 3.8) is 0 Å². The van der Waals surface area contributed by atoms with Crippen LogP contribution in [0, 0.1) is 0 Å². The fourth-order valence-corrected chi connectivity index (χ4v) is 2.45. The van der Waals surface area contributed by atoms with Crippen LogP contribution in [0.3, 0.4) is 0 Å². The van der Waals surface area contributed by atoms with Gasteiger partial charge in [0, 0.05) is 13.1 Å². The van der Waals surface area contributed by atoms with E-state index in [1.165, 1.54) is 0 Å². The quantitative estimate of drug-likeness (QED) is 0.775. The number of thiocarbonyl (C=S) groups is 1. The first-order valence-electron chi connectivity index (χ1n) is 7.64. The Morgan fingerprint density at radius 2 is 1.68 bits per heavy atom. The van der Waals surface area contributed by atoms with Crippen molar-refractivity contribution in [1.82, 2.24) is 10.2 Å². The van der Waals surface area contributed by atoms with Gasteiger partial charge in [0.1, 0.15) is 12.3 Å². The summed E-state index contributed by atoms with van der Waals surface area (Å²) >= 11 is 5.18. The van der Waals surface area contributed by atoms with Crippen molar-refractivity contribution in [2.45, 2.75) is 19.3 Å². The predicted molar refractivity (Wildman–Crippen MR) is 95.3 cm³/mol. The van der Waals surface area contributed by atoms with Crippen LogP contribution in [0.1, 0.15) is 11.1 Å². The monoisotopic (exact) mass is 368 g/mol. The second-order valence-corrected chi connectivity index (χ2v) is 5.85. The summed E-state index contributed by atoms with van der Waals surface area (Å²) in [6.45, 7) is -0.670. The summed E-state index contributed by atoms with van der Waals surface area (Å²) < 4.78 is 43.7. The number of nitrogens with zero attached hydrogens (tertiary/aromatic N) is 1. The summed E-state index contributed by atoms with van der Waals surface area (Å²) in [5.41, 5.74) is 1.66. The molecule has 1 N–H and O–H groups in total. The molecule has 0 bridgehead atoms. The van der Waals surface area contributed by atoms with Crippen LogP contribution in [0.15, 0.2) is 54.6 Å². The molecule has 0 heterocycles. The van der Waals surface area contributed by atoms with E-state index in [-0.39, 0.29) is 11.7 Å². The van der Waals surface area contributed by atoms with Crippen molar-refractivity contribution in [3.05, 3.63) is 65.7 Å². The van der Waals surface area contributed by atoms with E-state index in [1.807, 2.05) is 18.2 Å². The van der Waals surface area contributed by atoms with E-state index in [2.05, 4.69) is 5.32 Å². The number of nitrogens with one attached hydrogen (secondary N) is 1. The zero-order valence-electron chi connectivity index (χ0n) is 13.7. The van der Waals surface area contributed by atoms with E-state index in [0.29, 0.717) is 12.3 Å². The molecule has 0 saturated heterocycles. The van der Waals surface area contributed by atoms with Gasteiger partial charge in [-0.05, 0) is 35.5 Å². The summed E-state index contributed by atoms with van der Waals surface area (Å²) in [6.07, 6.45) is -4.33. The summed E-state index contributed by atoms with van der Waals surface area (Å²) in [4.78, 5) is 1.12. The van der Waals surface area contributed by atoms with Gasteiger partial charge in [0.05, 0.1) is 7.11 Å². The van der Waals surface area contributed by atoms with Crippen LogP contribution in [-0.2, 0) is 13.1 Å². The Balaban J connectivity index is 2.00. The lowest BCUT2D eigenvalue weighted by molar-refractivity contribution is -0.138. The third-order valence-electron chi connectivity index (χ3n) is 3.48. The first kappa shape index (κ1) is 19.1. The predicted octanol–water partition coefficient (Wildman–Crippen LogP) is 4.13. The van der Waals surface area contributed by atoms with E-state index in [4.69, 9.17) is 17.0 Å². The van der Waals surface area contributed by atoms with Gasteiger partial charge in [-0.3, -0.25) is 0 Å². The van der Waals surface area contributed by atoms with Crippen molar-refractivity contribution in [2.75, 3.05) is 13.7 Å². The molecular weight excluding hydrogens is 349 g/mol. The van der Waals surface area contributed by atoms with Crippen LogP contribution in [0.5, 0.6) is 5.75 Å². The van der Waals surface area contributed by atoms with Crippen LogP contribution in [-0.4, -0.2) is 29.8 Å². The standard InChI is InChI=1S/C18H19F3N2OS/c1-24-16-9-7-14(8-10-16)11-22-17(25)23(13-18(19,20)21)12-15-5-3-2-4-6-15/h2-10H,11-13H2,1H3,(H,22,25). The lowest BCUT2D eigenvalue weighted by atomic mass is 10.2. The minimum atomic E-state index is -4.33. The maximum atomic E-state index is 12.9. The SMILES string of the molecule is COc1ccc(CNC(=S)N(Cc2ccccc2)CC(F)(F)F)cc1. The Bertz CT molecular complexity index is 675. The average Bonchev–Trinajstić information content (AvgIpc) is 2.59. The van der Waals surface area contributed by atoms with Gasteiger partial charge >= 0.3 is 6.18 Å². The number of benzene rings is 2. The van der Waals surface area contributed by atoms with Crippen LogP contribution in [0.25, 0.3) is 0 Å². The van der Waals surface area contributed by atoms with Gasteiger partial charge in [-0.15, -0.1) is 0 Å². The molecule has 0 radical (unpaired) electrons. The van der Waals surface area contributed by atoms with E-state index >= 15 is 0 Å². The van der Waals surface area contributed by atoms with Crippen LogP contribution in [0.4, 0.5) is 13.2 Å². The molecule has 0 amide bonds. The second-order valence-electron chi connectivity index (χ2n) is 5.46. The Labute approximate surface area is 150 Å². The molecule has 0 fully saturated rings. The molecule has 2 rings (SSSR count). The number of hydrogen-bond donors (Lipinski definition) is 1. The second kappa shape index (κ2) is 8.71. The fraction of sp³-hybridized carbons (Fsp3) is 0.278. The van der Waals surface area contributed by atoms with E-state index in [0.717, 1.165) is 16.0 Å². The smallest absolute Gasteiger partial charge is 0.406 e. The maximum absolute atomic E-state index is 12.9. The minimum absolute atomic E-state index is 0.0667. The molecule has 0 saturated carbocycles. The molecule has 2 aromatic rings. The topological polar surface area (TPSA) is 24.5 Å². The summed E-state index contributed by atoms with van der Waals surface area (Å²) in [7, 11) is 1.57. The molecule has 25 heavy (non-hydrogen) atoms. The molecule has 0 aromatic heterocycles. The lowest BCUT2D eigenvalue weighted by Gasteiger charge is -2.27. The minimum Gasteiger partial charge on any atom is -0.497 e. The Morgan fingerprint density at radius 3 is 2.24 bits per heavy atom. The maximum Gasteiger partial charge on any atom is 0.406 e. The number of rotatable bonds is 6. The molecule has 3 nitrogen and oxygen atoms in total. The van der Waals surface area contributed by atoms with Crippen molar-refractivity contribution in [1.29, 1.82) is 0 Å². The zero-order valence-corrected chi connectivity index (χ0v) is 14.5. The summed E-state index contributed by atoms with van der Waals surface area (Å²) in [5.74, 6) is 0.717. The van der Waals surface area contributed by atoms with Crippen molar-refractivity contribution < 1.29 is 17.9 Å². The lowest BCUT2D eigenvalue weighted by Crippen LogP contribution is -2.43. The van der Waals surface area contributed by atoms with Gasteiger partial charge in [0.15, 0.2) is 5.11 Å². The van der Waals surface area contributed by atoms with Gasteiger partial charge in [0.25, 0.3) is 0 Å². The highest BCUT2D eigenvalue weighted by Crippen LogP contribution is 2.18. The molecular formula is C18H19F3N2OS. The highest BCUT2D eigenvalue weighted by molar-refractivity contribution is 7.80. The number of methoxy groups -OCH3 is 1. The number of hydrogen-bond acceptors (Lipinski definition) is 2. The van der Waals surface area contributed by atoms with Crippen LogP contribution >= 0.6 is 12.2 Å². The molecule has 0 unspecified atom stereocenters. The highest BCUT2D eigenvalue weighted by Gasteiger charge is 2.31. The summed E-state index contributed by atoms with van der Waals surface area (Å²) in [6, 6.07) is 16.2. The Hall–Kier alpha value is -2.28. The molecule has 0 aliphatic rings. The fourth-order valence-electron chi connectivity index (χ4n) is 2.25. The van der Waals surface area contributed by atoms with Crippen LogP contribution in [0.2, 0.25) is 0 Å². The van der Waals surface area contributed by atoms with Gasteiger partial charge in [0.2, 0.25) is 0 Å². The first-order valence-corrected chi connectivity index (χ1v) is 8.04. The van der Waals surface area contributed by atoms with Gasteiger partial charge in [-0.2, -0.15) is 13.2 Å². The van der Waals surface area contributed by atoms with Gasteiger partial charge < -0.3 is 15.0 Å². The molecule has 0 aliphatic heterocycles. The van der Waals surface area contributed by atoms with E-state index < -0.39 is 12.7 Å². The normalized spacial score (nSPS) is 11.0. The molecule has 0 aliphatic carbocycles. The van der Waals surface area contributed by atoms with Crippen molar-refractivity contribution >= 4 is 17.3 Å². The molecule has 0 atom stereocenters. The van der Waals surface area contributed by atoms with Crippen molar-refractivity contribution in [2.24, 2.45) is 0 Å². The number of ether oxygens (including phenoxy) is 1. The molecule has 2 aromatic carbocycles. The van der Waals surface area contributed by atoms with Gasteiger partial charge in [-0.25, -0.2) is 0 Å². The Kier molecular flexibility index (Phi) is 6.64. The van der Waals surface area contributed by atoms with E-state index in [1.54, 1.807) is 43.5 Å². The average molecular weight is 368 g/mol.